The zero-order valence-electron chi connectivity index (χ0n) is 8.27. The second-order valence-corrected chi connectivity index (χ2v) is 4.31. The number of nitrogens with zero attached hydrogens (tertiary/aromatic N) is 1. The molecule has 1 fully saturated rings. The molecule has 1 aromatic carbocycles. The van der Waals surface area contributed by atoms with Crippen LogP contribution in [0.2, 0.25) is 0 Å². The lowest BCUT2D eigenvalue weighted by molar-refractivity contribution is -0.124. The average Bonchev–Trinajstić information content (AvgIpc) is 2.23. The first-order valence-electron chi connectivity index (χ1n) is 4.58. The highest BCUT2D eigenvalue weighted by Gasteiger charge is 2.29. The monoisotopic (exact) mass is 240 g/mol. The second-order valence-electron chi connectivity index (χ2n) is 3.33. The van der Waals surface area contributed by atoms with Crippen LogP contribution >= 0.6 is 11.8 Å². The maximum Gasteiger partial charge on any atom is 0.243 e. The van der Waals surface area contributed by atoms with Crippen LogP contribution in [0.1, 0.15) is 0 Å². The first-order valence-corrected chi connectivity index (χ1v) is 5.73. The van der Waals surface area contributed by atoms with Gasteiger partial charge in [0, 0.05) is 5.69 Å². The molecule has 2 rings (SSSR count). The summed E-state index contributed by atoms with van der Waals surface area (Å²) in [6.07, 6.45) is 0. The fourth-order valence-electron chi connectivity index (χ4n) is 1.46. The van der Waals surface area contributed by atoms with Gasteiger partial charge >= 0.3 is 0 Å². The number of nitrogens with two attached hydrogens (primary N) is 1. The molecule has 1 saturated heterocycles. The van der Waals surface area contributed by atoms with E-state index in [9.17, 15) is 14.0 Å². The van der Waals surface area contributed by atoms with E-state index in [4.69, 9.17) is 5.73 Å². The van der Waals surface area contributed by atoms with Crippen molar-refractivity contribution in [1.82, 2.24) is 0 Å². The number of nitrogen functional groups attached to an aromatic ring is 1. The van der Waals surface area contributed by atoms with E-state index in [1.54, 1.807) is 0 Å². The Morgan fingerprint density at radius 3 is 2.50 bits per heavy atom. The molecule has 0 aliphatic carbocycles. The molecule has 0 saturated carbocycles. The van der Waals surface area contributed by atoms with E-state index in [1.807, 2.05) is 0 Å². The Hall–Kier alpha value is -1.56. The molecule has 16 heavy (non-hydrogen) atoms. The number of halogens is 1. The van der Waals surface area contributed by atoms with Crippen LogP contribution in [0.25, 0.3) is 0 Å². The SMILES string of the molecule is Nc1ccc(F)c(N2C(=O)CSCC2=O)c1. The van der Waals surface area contributed by atoms with Crippen LogP contribution in [0.3, 0.4) is 0 Å². The Morgan fingerprint density at radius 1 is 1.25 bits per heavy atom. The summed E-state index contributed by atoms with van der Waals surface area (Å²) in [6.45, 7) is 0. The number of hydrogen-bond donors (Lipinski definition) is 1. The van der Waals surface area contributed by atoms with E-state index in [-0.39, 0.29) is 17.2 Å². The summed E-state index contributed by atoms with van der Waals surface area (Å²) in [7, 11) is 0. The molecular weight excluding hydrogens is 231 g/mol. The summed E-state index contributed by atoms with van der Waals surface area (Å²) in [6, 6.07) is 3.82. The predicted molar refractivity (Wildman–Crippen MR) is 60.6 cm³/mol. The summed E-state index contributed by atoms with van der Waals surface area (Å²) in [5, 5.41) is 0. The molecule has 0 atom stereocenters. The van der Waals surface area contributed by atoms with Crippen molar-refractivity contribution in [2.45, 2.75) is 0 Å². The highest BCUT2D eigenvalue weighted by atomic mass is 32.2. The molecule has 1 aliphatic rings. The fourth-order valence-corrected chi connectivity index (χ4v) is 2.17. The molecule has 0 bridgehead atoms. The number of amides is 2. The Bertz CT molecular complexity index is 448. The predicted octanol–water partition coefficient (Wildman–Crippen LogP) is 1.01. The Labute approximate surface area is 95.6 Å². The quantitative estimate of drug-likeness (QED) is 0.588. The smallest absolute Gasteiger partial charge is 0.243 e. The Morgan fingerprint density at radius 2 is 1.88 bits per heavy atom. The summed E-state index contributed by atoms with van der Waals surface area (Å²) >= 11 is 1.23. The largest absolute Gasteiger partial charge is 0.399 e. The van der Waals surface area contributed by atoms with Gasteiger partial charge in [-0.05, 0) is 18.2 Å². The van der Waals surface area contributed by atoms with Crippen molar-refractivity contribution >= 4 is 35.0 Å². The third-order valence-corrected chi connectivity index (χ3v) is 3.06. The molecule has 1 heterocycles. The molecule has 4 nitrogen and oxygen atoms in total. The van der Waals surface area contributed by atoms with Gasteiger partial charge in [0.15, 0.2) is 0 Å². The van der Waals surface area contributed by atoms with E-state index >= 15 is 0 Å². The van der Waals surface area contributed by atoms with Crippen LogP contribution in [0.5, 0.6) is 0 Å². The van der Waals surface area contributed by atoms with Crippen molar-refractivity contribution in [3.05, 3.63) is 24.0 Å². The van der Waals surface area contributed by atoms with Crippen molar-refractivity contribution in [1.29, 1.82) is 0 Å². The van der Waals surface area contributed by atoms with Gasteiger partial charge in [-0.3, -0.25) is 9.59 Å². The number of carbonyl (C=O) groups is 2. The van der Waals surface area contributed by atoms with Crippen molar-refractivity contribution in [2.75, 3.05) is 22.1 Å². The van der Waals surface area contributed by atoms with E-state index in [2.05, 4.69) is 0 Å². The first-order chi connectivity index (χ1) is 7.59. The van der Waals surface area contributed by atoms with Crippen molar-refractivity contribution < 1.29 is 14.0 Å². The number of imide groups is 1. The van der Waals surface area contributed by atoms with E-state index in [0.717, 1.165) is 11.0 Å². The number of benzene rings is 1. The highest BCUT2D eigenvalue weighted by Crippen LogP contribution is 2.26. The minimum absolute atomic E-state index is 0.0599. The number of carbonyl (C=O) groups excluding carboxylic acids is 2. The summed E-state index contributed by atoms with van der Waals surface area (Å²) in [5.41, 5.74) is 5.76. The lowest BCUT2D eigenvalue weighted by atomic mass is 10.2. The topological polar surface area (TPSA) is 63.4 Å². The summed E-state index contributed by atoms with van der Waals surface area (Å²) in [4.78, 5) is 24.0. The minimum Gasteiger partial charge on any atom is -0.399 e. The Balaban J connectivity index is 2.45. The van der Waals surface area contributed by atoms with Crippen LogP contribution in [0.15, 0.2) is 18.2 Å². The van der Waals surface area contributed by atoms with Crippen LogP contribution in [0.4, 0.5) is 15.8 Å². The van der Waals surface area contributed by atoms with Gasteiger partial charge in [-0.2, -0.15) is 0 Å². The number of anilines is 2. The van der Waals surface area contributed by atoms with Gasteiger partial charge in [0.05, 0.1) is 17.2 Å². The first kappa shape index (κ1) is 10.9. The second kappa shape index (κ2) is 4.13. The lowest BCUT2D eigenvalue weighted by Gasteiger charge is -2.25. The summed E-state index contributed by atoms with van der Waals surface area (Å²) in [5.74, 6) is -1.08. The van der Waals surface area contributed by atoms with E-state index in [1.165, 1.54) is 23.9 Å². The van der Waals surface area contributed by atoms with E-state index in [0.29, 0.717) is 5.69 Å². The molecule has 0 aromatic heterocycles. The number of thioether (sulfide) groups is 1. The number of hydrogen-bond acceptors (Lipinski definition) is 4. The van der Waals surface area contributed by atoms with Gasteiger partial charge in [0.1, 0.15) is 5.82 Å². The third-order valence-electron chi connectivity index (χ3n) is 2.16. The number of rotatable bonds is 1. The molecule has 84 valence electrons. The van der Waals surface area contributed by atoms with Crippen molar-refractivity contribution in [3.63, 3.8) is 0 Å². The van der Waals surface area contributed by atoms with Gasteiger partial charge in [-0.25, -0.2) is 9.29 Å². The van der Waals surface area contributed by atoms with Gasteiger partial charge in [-0.15, -0.1) is 11.8 Å². The molecule has 2 amide bonds. The molecular formula is C10H9FN2O2S. The van der Waals surface area contributed by atoms with Crippen LogP contribution in [-0.2, 0) is 9.59 Å². The molecule has 0 spiro atoms. The zero-order chi connectivity index (χ0) is 11.7. The van der Waals surface area contributed by atoms with E-state index < -0.39 is 17.6 Å². The average molecular weight is 240 g/mol. The van der Waals surface area contributed by atoms with Crippen LogP contribution in [0, 0.1) is 5.82 Å². The minimum atomic E-state index is -0.622. The summed E-state index contributed by atoms with van der Waals surface area (Å²) < 4.78 is 13.5. The van der Waals surface area contributed by atoms with Crippen LogP contribution < -0.4 is 10.6 Å². The third kappa shape index (κ3) is 1.88. The maximum atomic E-state index is 13.5. The van der Waals surface area contributed by atoms with Gasteiger partial charge in [0.25, 0.3) is 0 Å². The molecule has 1 aromatic rings. The van der Waals surface area contributed by atoms with Crippen molar-refractivity contribution in [3.8, 4) is 0 Å². The molecule has 1 aliphatic heterocycles. The standard InChI is InChI=1S/C10H9FN2O2S/c11-7-2-1-6(12)3-8(7)13-9(14)4-16-5-10(13)15/h1-3H,4-5,12H2. The van der Waals surface area contributed by atoms with Gasteiger partial charge in [-0.1, -0.05) is 0 Å². The Kier molecular flexibility index (Phi) is 2.82. The highest BCUT2D eigenvalue weighted by molar-refractivity contribution is 8.00. The van der Waals surface area contributed by atoms with Crippen molar-refractivity contribution in [2.24, 2.45) is 0 Å². The fraction of sp³-hybridized carbons (Fsp3) is 0.200. The van der Waals surface area contributed by atoms with Gasteiger partial charge < -0.3 is 5.73 Å². The zero-order valence-corrected chi connectivity index (χ0v) is 9.09. The lowest BCUT2D eigenvalue weighted by Crippen LogP contribution is -2.43. The molecule has 2 N–H and O–H groups in total. The normalized spacial score (nSPS) is 16.7. The molecule has 0 unspecified atom stereocenters. The van der Waals surface area contributed by atoms with Gasteiger partial charge in [0.2, 0.25) is 11.8 Å². The molecule has 6 heteroatoms. The maximum absolute atomic E-state index is 13.5. The van der Waals surface area contributed by atoms with Crippen LogP contribution in [-0.4, -0.2) is 23.3 Å². The molecule has 0 radical (unpaired) electrons.